The van der Waals surface area contributed by atoms with Gasteiger partial charge in [0, 0.05) is 17.7 Å². The summed E-state index contributed by atoms with van der Waals surface area (Å²) >= 11 is 0. The van der Waals surface area contributed by atoms with Crippen LogP contribution in [0.1, 0.15) is 54.5 Å². The molecule has 10 heteroatoms. The molecule has 1 atom stereocenters. The average molecular weight is 446 g/mol. The number of nitrogens with zero attached hydrogens (tertiary/aromatic N) is 5. The molecule has 10 nitrogen and oxygen atoms in total. The third-order valence-electron chi connectivity index (χ3n) is 5.81. The number of nitriles is 2. The number of nitrogen functional groups attached to an aromatic ring is 2. The molecule has 6 N–H and O–H groups in total. The lowest BCUT2D eigenvalue weighted by atomic mass is 9.93. The zero-order valence-electron chi connectivity index (χ0n) is 18.6. The van der Waals surface area contributed by atoms with Crippen molar-refractivity contribution in [2.45, 2.75) is 38.8 Å². The molecule has 33 heavy (non-hydrogen) atoms. The molecule has 0 saturated carbocycles. The predicted octanol–water partition coefficient (Wildman–Crippen LogP) is 2.44. The summed E-state index contributed by atoms with van der Waals surface area (Å²) in [6.07, 6.45) is 5.18. The van der Waals surface area contributed by atoms with Crippen LogP contribution in [-0.2, 0) is 6.54 Å². The summed E-state index contributed by atoms with van der Waals surface area (Å²) in [5.74, 6) is 1.48. The van der Waals surface area contributed by atoms with Crippen molar-refractivity contribution in [1.82, 2.24) is 15.2 Å². The van der Waals surface area contributed by atoms with Crippen LogP contribution in [0.5, 0.6) is 5.75 Å². The molecule has 0 amide bonds. The van der Waals surface area contributed by atoms with Gasteiger partial charge in [0.25, 0.3) is 0 Å². The molecule has 2 aliphatic rings. The van der Waals surface area contributed by atoms with Crippen LogP contribution in [-0.4, -0.2) is 35.5 Å². The van der Waals surface area contributed by atoms with Crippen LogP contribution >= 0.6 is 0 Å². The highest BCUT2D eigenvalue weighted by Gasteiger charge is 2.30. The second kappa shape index (κ2) is 9.63. The molecule has 4 rings (SSSR count). The summed E-state index contributed by atoms with van der Waals surface area (Å²) in [6.45, 7) is 5.61. The zero-order valence-corrected chi connectivity index (χ0v) is 18.6. The van der Waals surface area contributed by atoms with Crippen LogP contribution < -0.4 is 26.8 Å². The second-order valence-corrected chi connectivity index (χ2v) is 8.10. The van der Waals surface area contributed by atoms with E-state index in [0.717, 1.165) is 42.9 Å². The quantitative estimate of drug-likeness (QED) is 0.386. The SMILES string of the molecule is CCCOc1ccc(C2N=C(NC#N)Nc3nc(N)c(C#N)c(N)c32)cc1CN1CCCC1. The van der Waals surface area contributed by atoms with E-state index in [4.69, 9.17) is 21.5 Å². The number of likely N-dealkylation sites (tertiary alicyclic amines) is 1. The fourth-order valence-electron chi connectivity index (χ4n) is 4.25. The zero-order chi connectivity index (χ0) is 23.4. The Hall–Kier alpha value is -4.02. The van der Waals surface area contributed by atoms with Crippen molar-refractivity contribution in [2.75, 3.05) is 36.5 Å². The van der Waals surface area contributed by atoms with E-state index in [9.17, 15) is 5.26 Å². The normalized spacial score (nSPS) is 17.3. The van der Waals surface area contributed by atoms with Gasteiger partial charge in [0.2, 0.25) is 5.96 Å². The van der Waals surface area contributed by atoms with Gasteiger partial charge in [0.15, 0.2) is 6.19 Å². The van der Waals surface area contributed by atoms with Crippen molar-refractivity contribution >= 4 is 23.3 Å². The third kappa shape index (κ3) is 4.47. The molecule has 0 bridgehead atoms. The highest BCUT2D eigenvalue weighted by atomic mass is 16.5. The molecule has 0 radical (unpaired) electrons. The topological polar surface area (TPSA) is 161 Å². The van der Waals surface area contributed by atoms with E-state index in [-0.39, 0.29) is 23.0 Å². The number of aliphatic imine (C=N–C) groups is 1. The molecule has 2 aliphatic heterocycles. The standard InChI is InChI=1S/C23H27N9O/c1-2-9-33-17-6-5-14(10-15(17)12-32-7-3-4-8-32)20-18-19(26)16(11-24)21(27)30-22(18)31-23(29-20)28-13-25/h5-6,10,20H,2-4,7-9,12H2,1H3,(H6,26,27,28,29,30,31). The minimum absolute atomic E-state index is 0.0243. The van der Waals surface area contributed by atoms with Gasteiger partial charge in [-0.15, -0.1) is 0 Å². The first-order valence-corrected chi connectivity index (χ1v) is 11.0. The lowest BCUT2D eigenvalue weighted by Gasteiger charge is -2.27. The summed E-state index contributed by atoms with van der Waals surface area (Å²) in [5.41, 5.74) is 15.1. The number of fused-ring (bicyclic) bond motifs is 1. The number of benzene rings is 1. The van der Waals surface area contributed by atoms with E-state index in [2.05, 4.69) is 38.5 Å². The Balaban J connectivity index is 1.81. The van der Waals surface area contributed by atoms with E-state index in [1.54, 1.807) is 0 Å². The van der Waals surface area contributed by atoms with Gasteiger partial charge < -0.3 is 21.5 Å². The van der Waals surface area contributed by atoms with Crippen molar-refractivity contribution in [3.05, 3.63) is 40.5 Å². The smallest absolute Gasteiger partial charge is 0.211 e. The van der Waals surface area contributed by atoms with Gasteiger partial charge >= 0.3 is 0 Å². The van der Waals surface area contributed by atoms with E-state index < -0.39 is 6.04 Å². The van der Waals surface area contributed by atoms with Gasteiger partial charge in [-0.25, -0.2) is 9.98 Å². The monoisotopic (exact) mass is 445 g/mol. The second-order valence-electron chi connectivity index (χ2n) is 8.10. The lowest BCUT2D eigenvalue weighted by Crippen LogP contribution is -2.32. The Labute approximate surface area is 192 Å². The Kier molecular flexibility index (Phi) is 6.48. The first kappa shape index (κ1) is 22.2. The highest BCUT2D eigenvalue weighted by Crippen LogP contribution is 2.41. The van der Waals surface area contributed by atoms with Crippen molar-refractivity contribution in [2.24, 2.45) is 4.99 Å². The summed E-state index contributed by atoms with van der Waals surface area (Å²) in [7, 11) is 0. The molecule has 1 aromatic heterocycles. The van der Waals surface area contributed by atoms with Crippen molar-refractivity contribution in [3.63, 3.8) is 0 Å². The number of nitrogens with one attached hydrogen (secondary N) is 2. The number of anilines is 3. The molecular weight excluding hydrogens is 418 g/mol. The molecule has 3 heterocycles. The van der Waals surface area contributed by atoms with Gasteiger partial charge in [0.1, 0.15) is 35.1 Å². The van der Waals surface area contributed by atoms with Crippen molar-refractivity contribution in [3.8, 4) is 18.0 Å². The summed E-state index contributed by atoms with van der Waals surface area (Å²) < 4.78 is 6.02. The Morgan fingerprint density at radius 1 is 1.27 bits per heavy atom. The minimum atomic E-state index is -0.574. The lowest BCUT2D eigenvalue weighted by molar-refractivity contribution is 0.293. The number of pyridine rings is 1. The largest absolute Gasteiger partial charge is 0.493 e. The molecule has 1 fully saturated rings. The fraction of sp³-hybridized carbons (Fsp3) is 0.391. The third-order valence-corrected chi connectivity index (χ3v) is 5.81. The summed E-state index contributed by atoms with van der Waals surface area (Å²) in [6, 6.07) is 7.42. The Morgan fingerprint density at radius 3 is 2.76 bits per heavy atom. The van der Waals surface area contributed by atoms with E-state index >= 15 is 0 Å². The van der Waals surface area contributed by atoms with E-state index in [0.29, 0.717) is 18.0 Å². The van der Waals surface area contributed by atoms with Crippen LogP contribution in [0.2, 0.25) is 0 Å². The predicted molar refractivity (Wildman–Crippen MR) is 126 cm³/mol. The number of hydrogen-bond acceptors (Lipinski definition) is 10. The maximum atomic E-state index is 9.53. The van der Waals surface area contributed by atoms with Crippen LogP contribution in [0.15, 0.2) is 23.2 Å². The number of nitrogens with two attached hydrogens (primary N) is 2. The molecule has 1 aromatic carbocycles. The van der Waals surface area contributed by atoms with Crippen molar-refractivity contribution in [1.29, 1.82) is 10.5 Å². The van der Waals surface area contributed by atoms with Crippen LogP contribution in [0.25, 0.3) is 0 Å². The number of rotatable bonds is 6. The molecule has 1 saturated heterocycles. The minimum Gasteiger partial charge on any atom is -0.493 e. The molecule has 1 unspecified atom stereocenters. The number of guanidine groups is 1. The maximum absolute atomic E-state index is 9.53. The molecular formula is C23H27N9O. The molecule has 170 valence electrons. The number of ether oxygens (including phenoxy) is 1. The van der Waals surface area contributed by atoms with E-state index in [1.807, 2.05) is 24.4 Å². The number of hydrogen-bond donors (Lipinski definition) is 4. The molecule has 0 spiro atoms. The fourth-order valence-corrected chi connectivity index (χ4v) is 4.25. The van der Waals surface area contributed by atoms with Gasteiger partial charge in [0.05, 0.1) is 12.3 Å². The summed E-state index contributed by atoms with van der Waals surface area (Å²) in [5, 5.41) is 24.1. The Bertz CT molecular complexity index is 1160. The van der Waals surface area contributed by atoms with Crippen LogP contribution in [0, 0.1) is 22.8 Å². The average Bonchev–Trinajstić information content (AvgIpc) is 3.31. The summed E-state index contributed by atoms with van der Waals surface area (Å²) in [4.78, 5) is 11.4. The van der Waals surface area contributed by atoms with Crippen LogP contribution in [0.3, 0.4) is 0 Å². The Morgan fingerprint density at radius 2 is 2.06 bits per heavy atom. The van der Waals surface area contributed by atoms with E-state index in [1.165, 1.54) is 12.8 Å². The first-order valence-electron chi connectivity index (χ1n) is 11.0. The van der Waals surface area contributed by atoms with Crippen molar-refractivity contribution < 1.29 is 4.74 Å². The highest BCUT2D eigenvalue weighted by molar-refractivity contribution is 5.98. The van der Waals surface area contributed by atoms with Gasteiger partial charge in [-0.2, -0.15) is 10.5 Å². The maximum Gasteiger partial charge on any atom is 0.211 e. The number of aromatic nitrogens is 1. The molecule has 2 aromatic rings. The first-order chi connectivity index (χ1) is 16.0. The van der Waals surface area contributed by atoms with Gasteiger partial charge in [-0.1, -0.05) is 13.0 Å². The molecule has 0 aliphatic carbocycles. The van der Waals surface area contributed by atoms with Gasteiger partial charge in [-0.05, 0) is 50.0 Å². The van der Waals surface area contributed by atoms with Gasteiger partial charge in [-0.3, -0.25) is 10.2 Å². The van der Waals surface area contributed by atoms with Crippen LogP contribution in [0.4, 0.5) is 17.3 Å².